The van der Waals surface area contributed by atoms with Crippen LogP contribution in [0.2, 0.25) is 0 Å². The van der Waals surface area contributed by atoms with Crippen LogP contribution in [0, 0.1) is 0 Å². The van der Waals surface area contributed by atoms with Crippen LogP contribution in [-0.4, -0.2) is 11.4 Å². The molecular formula is C14H13BrOS. The number of thioether (sulfide) groups is 1. The summed E-state index contributed by atoms with van der Waals surface area (Å²) in [5.74, 6) is 0. The van der Waals surface area contributed by atoms with E-state index in [0.717, 1.165) is 15.6 Å². The van der Waals surface area contributed by atoms with Crippen LogP contribution in [0.25, 0.3) is 0 Å². The molecule has 17 heavy (non-hydrogen) atoms. The molecule has 0 aliphatic carbocycles. The first-order valence-corrected chi connectivity index (χ1v) is 7.30. The molecule has 2 aromatic rings. The van der Waals surface area contributed by atoms with Crippen LogP contribution in [0.15, 0.2) is 57.9 Å². The van der Waals surface area contributed by atoms with Crippen LogP contribution < -0.4 is 0 Å². The number of rotatable bonds is 3. The Morgan fingerprint density at radius 3 is 1.88 bits per heavy atom. The van der Waals surface area contributed by atoms with E-state index in [1.807, 2.05) is 54.8 Å². The van der Waals surface area contributed by atoms with Gasteiger partial charge in [0.15, 0.2) is 0 Å². The Morgan fingerprint density at radius 1 is 0.941 bits per heavy atom. The van der Waals surface area contributed by atoms with Gasteiger partial charge in [0.2, 0.25) is 0 Å². The lowest BCUT2D eigenvalue weighted by atomic mass is 10.0. The highest BCUT2D eigenvalue weighted by Gasteiger charge is 2.09. The fourth-order valence-electron chi connectivity index (χ4n) is 1.62. The third kappa shape index (κ3) is 3.12. The molecule has 88 valence electrons. The van der Waals surface area contributed by atoms with Crippen LogP contribution in [0.4, 0.5) is 0 Å². The van der Waals surface area contributed by atoms with Gasteiger partial charge in [-0.2, -0.15) is 0 Å². The maximum Gasteiger partial charge on any atom is 0.104 e. The van der Waals surface area contributed by atoms with E-state index in [-0.39, 0.29) is 0 Å². The molecule has 1 N–H and O–H groups in total. The van der Waals surface area contributed by atoms with Gasteiger partial charge in [-0.3, -0.25) is 0 Å². The maximum atomic E-state index is 10.2. The van der Waals surface area contributed by atoms with Gasteiger partial charge in [0.25, 0.3) is 0 Å². The van der Waals surface area contributed by atoms with Crippen molar-refractivity contribution in [3.05, 3.63) is 64.1 Å². The summed E-state index contributed by atoms with van der Waals surface area (Å²) in [5.41, 5.74) is 1.83. The minimum atomic E-state index is -0.556. The number of benzene rings is 2. The second-order valence-electron chi connectivity index (χ2n) is 3.73. The Hall–Kier alpha value is -0.770. The first-order valence-electron chi connectivity index (χ1n) is 5.28. The normalized spacial score (nSPS) is 12.4. The lowest BCUT2D eigenvalue weighted by Crippen LogP contribution is -1.98. The van der Waals surface area contributed by atoms with E-state index in [0.29, 0.717) is 0 Å². The van der Waals surface area contributed by atoms with Gasteiger partial charge in [-0.05, 0) is 41.6 Å². The molecule has 1 nitrogen and oxygen atoms in total. The average molecular weight is 309 g/mol. The van der Waals surface area contributed by atoms with E-state index in [2.05, 4.69) is 15.9 Å². The van der Waals surface area contributed by atoms with Crippen LogP contribution in [0.1, 0.15) is 17.2 Å². The molecule has 0 unspecified atom stereocenters. The average Bonchev–Trinajstić information content (AvgIpc) is 2.39. The molecule has 3 heteroatoms. The van der Waals surface area contributed by atoms with Crippen molar-refractivity contribution in [2.24, 2.45) is 0 Å². The molecule has 2 rings (SSSR count). The van der Waals surface area contributed by atoms with Crippen molar-refractivity contribution in [1.82, 2.24) is 0 Å². The third-order valence-electron chi connectivity index (χ3n) is 2.62. The molecule has 0 fully saturated rings. The lowest BCUT2D eigenvalue weighted by Gasteiger charge is -2.12. The van der Waals surface area contributed by atoms with Gasteiger partial charge in [0.1, 0.15) is 6.10 Å². The van der Waals surface area contributed by atoms with Gasteiger partial charge >= 0.3 is 0 Å². The monoisotopic (exact) mass is 308 g/mol. The highest BCUT2D eigenvalue weighted by atomic mass is 79.9. The van der Waals surface area contributed by atoms with Gasteiger partial charge < -0.3 is 5.11 Å². The second kappa shape index (κ2) is 5.71. The van der Waals surface area contributed by atoms with E-state index in [4.69, 9.17) is 0 Å². The van der Waals surface area contributed by atoms with Crippen LogP contribution >= 0.6 is 27.7 Å². The maximum absolute atomic E-state index is 10.2. The molecule has 0 bridgehead atoms. The molecule has 0 saturated carbocycles. The van der Waals surface area contributed by atoms with Gasteiger partial charge in [0, 0.05) is 9.37 Å². The van der Waals surface area contributed by atoms with Gasteiger partial charge in [-0.25, -0.2) is 0 Å². The Balaban J connectivity index is 2.23. The standard InChI is InChI=1S/C14H13BrOS/c1-17-13-8-4-11(5-9-13)14(16)10-2-6-12(15)7-3-10/h2-9,14,16H,1H3/t14-/m1/s1. The van der Waals surface area contributed by atoms with Crippen molar-refractivity contribution < 1.29 is 5.11 Å². The van der Waals surface area contributed by atoms with Crippen LogP contribution in [0.3, 0.4) is 0 Å². The topological polar surface area (TPSA) is 20.2 Å². The zero-order valence-electron chi connectivity index (χ0n) is 9.43. The van der Waals surface area contributed by atoms with Crippen molar-refractivity contribution in [3.63, 3.8) is 0 Å². The Labute approximate surface area is 114 Å². The SMILES string of the molecule is CSc1ccc([C@H](O)c2ccc(Br)cc2)cc1. The molecule has 1 atom stereocenters. The molecule has 0 saturated heterocycles. The lowest BCUT2D eigenvalue weighted by molar-refractivity contribution is 0.220. The Bertz CT molecular complexity index is 479. The van der Waals surface area contributed by atoms with Crippen LogP contribution in [-0.2, 0) is 0 Å². The summed E-state index contributed by atoms with van der Waals surface area (Å²) in [5, 5.41) is 10.2. The van der Waals surface area contributed by atoms with Crippen LogP contribution in [0.5, 0.6) is 0 Å². The molecule has 0 heterocycles. The zero-order valence-corrected chi connectivity index (χ0v) is 11.8. The first-order chi connectivity index (χ1) is 8.20. The van der Waals surface area contributed by atoms with Crippen molar-refractivity contribution in [1.29, 1.82) is 0 Å². The van der Waals surface area contributed by atoms with E-state index in [1.165, 1.54) is 4.90 Å². The smallest absolute Gasteiger partial charge is 0.104 e. The highest BCUT2D eigenvalue weighted by molar-refractivity contribution is 9.10. The number of aliphatic hydroxyl groups is 1. The minimum Gasteiger partial charge on any atom is -0.384 e. The predicted octanol–water partition coefficient (Wildman–Crippen LogP) is 4.25. The van der Waals surface area contributed by atoms with Crippen molar-refractivity contribution in [3.8, 4) is 0 Å². The summed E-state index contributed by atoms with van der Waals surface area (Å²) in [6.07, 6.45) is 1.49. The number of hydrogen-bond acceptors (Lipinski definition) is 2. The molecule has 0 aliphatic heterocycles. The van der Waals surface area contributed by atoms with E-state index < -0.39 is 6.10 Å². The van der Waals surface area contributed by atoms with E-state index in [9.17, 15) is 5.11 Å². The first kappa shape index (κ1) is 12.7. The molecule has 0 spiro atoms. The summed E-state index contributed by atoms with van der Waals surface area (Å²) in [4.78, 5) is 1.21. The van der Waals surface area contributed by atoms with Crippen molar-refractivity contribution >= 4 is 27.7 Å². The molecular weight excluding hydrogens is 296 g/mol. The molecule has 0 aromatic heterocycles. The summed E-state index contributed by atoms with van der Waals surface area (Å²) in [6, 6.07) is 15.7. The van der Waals surface area contributed by atoms with Gasteiger partial charge in [-0.1, -0.05) is 40.2 Å². The summed E-state index contributed by atoms with van der Waals surface area (Å²) < 4.78 is 1.02. The van der Waals surface area contributed by atoms with Crippen molar-refractivity contribution in [2.75, 3.05) is 6.26 Å². The van der Waals surface area contributed by atoms with E-state index in [1.54, 1.807) is 11.8 Å². The van der Waals surface area contributed by atoms with E-state index >= 15 is 0 Å². The van der Waals surface area contributed by atoms with Crippen molar-refractivity contribution in [2.45, 2.75) is 11.0 Å². The zero-order chi connectivity index (χ0) is 12.3. The fourth-order valence-corrected chi connectivity index (χ4v) is 2.30. The minimum absolute atomic E-state index is 0.556. The quantitative estimate of drug-likeness (QED) is 0.855. The largest absolute Gasteiger partial charge is 0.384 e. The Morgan fingerprint density at radius 2 is 1.41 bits per heavy atom. The molecule has 0 aliphatic rings. The molecule has 0 amide bonds. The summed E-state index contributed by atoms with van der Waals surface area (Å²) >= 11 is 5.08. The number of halogens is 1. The van der Waals surface area contributed by atoms with Gasteiger partial charge in [-0.15, -0.1) is 11.8 Å². The predicted molar refractivity (Wildman–Crippen MR) is 76.4 cm³/mol. The summed E-state index contributed by atoms with van der Waals surface area (Å²) in [6.45, 7) is 0. The third-order valence-corrected chi connectivity index (χ3v) is 3.89. The summed E-state index contributed by atoms with van der Waals surface area (Å²) in [7, 11) is 0. The number of hydrogen-bond donors (Lipinski definition) is 1. The fraction of sp³-hybridized carbons (Fsp3) is 0.143. The second-order valence-corrected chi connectivity index (χ2v) is 5.52. The number of aliphatic hydroxyl groups excluding tert-OH is 1. The highest BCUT2D eigenvalue weighted by Crippen LogP contribution is 2.25. The molecule has 2 aromatic carbocycles. The van der Waals surface area contributed by atoms with Gasteiger partial charge in [0.05, 0.1) is 0 Å². The molecule has 0 radical (unpaired) electrons. The Kier molecular flexibility index (Phi) is 4.26.